The Kier molecular flexibility index (Phi) is 3.40. The summed E-state index contributed by atoms with van der Waals surface area (Å²) in [5.41, 5.74) is 1.70. The molecule has 2 aromatic rings. The lowest BCUT2D eigenvalue weighted by molar-refractivity contribution is -0.384. The van der Waals surface area contributed by atoms with E-state index >= 15 is 0 Å². The molecule has 1 heterocycles. The molecule has 6 nitrogen and oxygen atoms in total. The predicted octanol–water partition coefficient (Wildman–Crippen LogP) is 3.27. The quantitative estimate of drug-likeness (QED) is 0.684. The zero-order valence-electron chi connectivity index (χ0n) is 11.4. The van der Waals surface area contributed by atoms with Crippen molar-refractivity contribution in [3.8, 4) is 0 Å². The highest BCUT2D eigenvalue weighted by atomic mass is 16.6. The molecule has 0 saturated carbocycles. The van der Waals surface area contributed by atoms with Crippen LogP contribution in [0.2, 0.25) is 0 Å². The van der Waals surface area contributed by atoms with Crippen LogP contribution >= 0.6 is 0 Å². The highest BCUT2D eigenvalue weighted by Crippen LogP contribution is 2.31. The summed E-state index contributed by atoms with van der Waals surface area (Å²) in [6.07, 6.45) is 0. The third-order valence-electron chi connectivity index (χ3n) is 3.12. The zero-order chi connectivity index (χ0) is 15.0. The number of fused-ring (bicyclic) bond motifs is 1. The second-order valence-corrected chi connectivity index (χ2v) is 4.96. The van der Waals surface area contributed by atoms with Crippen LogP contribution in [-0.4, -0.2) is 21.0 Å². The number of nitro benzene ring substituents is 1. The Hall–Kier alpha value is -2.50. The Morgan fingerprint density at radius 1 is 1.35 bits per heavy atom. The number of hydrogen-bond donors (Lipinski definition) is 1. The summed E-state index contributed by atoms with van der Waals surface area (Å²) in [6.45, 7) is 5.49. The van der Waals surface area contributed by atoms with Gasteiger partial charge < -0.3 is 5.11 Å². The summed E-state index contributed by atoms with van der Waals surface area (Å²) in [5.74, 6) is -1.11. The minimum Gasteiger partial charge on any atom is -0.478 e. The van der Waals surface area contributed by atoms with Gasteiger partial charge in [0.1, 0.15) is 0 Å². The van der Waals surface area contributed by atoms with Gasteiger partial charge in [0.25, 0.3) is 5.69 Å². The average molecular weight is 274 g/mol. The largest absolute Gasteiger partial charge is 0.478 e. The van der Waals surface area contributed by atoms with Gasteiger partial charge in [-0.2, -0.15) is 0 Å². The van der Waals surface area contributed by atoms with Crippen molar-refractivity contribution in [2.24, 2.45) is 0 Å². The van der Waals surface area contributed by atoms with Crippen LogP contribution in [-0.2, 0) is 0 Å². The van der Waals surface area contributed by atoms with Crippen molar-refractivity contribution < 1.29 is 14.8 Å². The first-order valence-electron chi connectivity index (χ1n) is 6.14. The van der Waals surface area contributed by atoms with E-state index in [1.807, 2.05) is 13.8 Å². The maximum absolute atomic E-state index is 11.3. The maximum Gasteiger partial charge on any atom is 0.336 e. The molecule has 6 heteroatoms. The summed E-state index contributed by atoms with van der Waals surface area (Å²) < 4.78 is 0. The number of aromatic nitrogens is 1. The summed E-state index contributed by atoms with van der Waals surface area (Å²) in [7, 11) is 0. The molecule has 0 fully saturated rings. The fourth-order valence-corrected chi connectivity index (χ4v) is 2.19. The molecule has 20 heavy (non-hydrogen) atoms. The second kappa shape index (κ2) is 4.88. The molecular weight excluding hydrogens is 260 g/mol. The normalized spacial score (nSPS) is 11.0. The van der Waals surface area contributed by atoms with E-state index in [9.17, 15) is 20.0 Å². The lowest BCUT2D eigenvalue weighted by Crippen LogP contribution is -2.04. The van der Waals surface area contributed by atoms with E-state index in [1.165, 1.54) is 18.2 Å². The number of carboxylic acid groups (broad SMARTS) is 1. The van der Waals surface area contributed by atoms with Crippen LogP contribution in [0.15, 0.2) is 18.2 Å². The number of nitrogens with zero attached hydrogens (tertiary/aromatic N) is 2. The molecule has 0 saturated heterocycles. The SMILES string of the molecule is Cc1cc(C(=O)O)c2cc([N+](=O)[O-])cc(C(C)C)c2n1. The lowest BCUT2D eigenvalue weighted by atomic mass is 9.96. The Labute approximate surface area is 115 Å². The van der Waals surface area contributed by atoms with Gasteiger partial charge in [-0.25, -0.2) is 4.79 Å². The van der Waals surface area contributed by atoms with Gasteiger partial charge in [-0.3, -0.25) is 15.1 Å². The number of aryl methyl sites for hydroxylation is 1. The number of pyridine rings is 1. The first kappa shape index (κ1) is 13.9. The van der Waals surface area contributed by atoms with Crippen molar-refractivity contribution in [1.82, 2.24) is 4.98 Å². The van der Waals surface area contributed by atoms with Crippen LogP contribution in [0.1, 0.15) is 41.4 Å². The highest BCUT2D eigenvalue weighted by Gasteiger charge is 2.19. The van der Waals surface area contributed by atoms with Crippen molar-refractivity contribution >= 4 is 22.6 Å². The average Bonchev–Trinajstić information content (AvgIpc) is 2.35. The highest BCUT2D eigenvalue weighted by molar-refractivity contribution is 6.04. The molecule has 0 bridgehead atoms. The molecule has 1 aromatic carbocycles. The lowest BCUT2D eigenvalue weighted by Gasteiger charge is -2.11. The van der Waals surface area contributed by atoms with Crippen molar-refractivity contribution in [2.45, 2.75) is 26.7 Å². The molecule has 1 N–H and O–H groups in total. The molecular formula is C14H14N2O4. The molecule has 0 radical (unpaired) electrons. The standard InChI is InChI=1S/C14H14N2O4/c1-7(2)10-5-9(16(19)20)6-11-12(14(17)18)4-8(3)15-13(10)11/h4-7H,1-3H3,(H,17,18). The summed E-state index contributed by atoms with van der Waals surface area (Å²) in [4.78, 5) is 26.2. The van der Waals surface area contributed by atoms with E-state index in [1.54, 1.807) is 6.92 Å². The first-order chi connectivity index (χ1) is 9.31. The van der Waals surface area contributed by atoms with E-state index in [2.05, 4.69) is 4.98 Å². The van der Waals surface area contributed by atoms with E-state index in [4.69, 9.17) is 0 Å². The number of carboxylic acids is 1. The van der Waals surface area contributed by atoms with Crippen LogP contribution in [0.3, 0.4) is 0 Å². The number of non-ortho nitro benzene ring substituents is 1. The Balaban J connectivity index is 2.96. The van der Waals surface area contributed by atoms with Crippen LogP contribution in [0, 0.1) is 17.0 Å². The van der Waals surface area contributed by atoms with Gasteiger partial charge in [-0.05, 0) is 24.5 Å². The molecule has 0 unspecified atom stereocenters. The van der Waals surface area contributed by atoms with Gasteiger partial charge in [0.05, 0.1) is 16.0 Å². The van der Waals surface area contributed by atoms with Crippen molar-refractivity contribution in [3.05, 3.63) is 45.1 Å². The minimum absolute atomic E-state index is 0.00773. The van der Waals surface area contributed by atoms with Gasteiger partial charge >= 0.3 is 5.97 Å². The van der Waals surface area contributed by atoms with E-state index in [-0.39, 0.29) is 17.2 Å². The fraction of sp³-hybridized carbons (Fsp3) is 0.286. The monoisotopic (exact) mass is 274 g/mol. The number of carbonyl (C=O) groups is 1. The van der Waals surface area contributed by atoms with Crippen LogP contribution in [0.4, 0.5) is 5.69 Å². The second-order valence-electron chi connectivity index (χ2n) is 4.96. The molecule has 0 spiro atoms. The van der Waals surface area contributed by atoms with Gasteiger partial charge in [-0.1, -0.05) is 13.8 Å². The van der Waals surface area contributed by atoms with Crippen molar-refractivity contribution in [2.75, 3.05) is 0 Å². The molecule has 104 valence electrons. The van der Waals surface area contributed by atoms with E-state index in [0.29, 0.717) is 22.2 Å². The topological polar surface area (TPSA) is 93.3 Å². The third-order valence-corrected chi connectivity index (χ3v) is 3.12. The Morgan fingerprint density at radius 2 is 2.00 bits per heavy atom. The number of rotatable bonds is 3. The molecule has 0 aliphatic heterocycles. The van der Waals surface area contributed by atoms with Crippen molar-refractivity contribution in [1.29, 1.82) is 0 Å². The van der Waals surface area contributed by atoms with Gasteiger partial charge in [0.15, 0.2) is 0 Å². The minimum atomic E-state index is -1.12. The summed E-state index contributed by atoms with van der Waals surface area (Å²) in [5, 5.41) is 20.6. The third kappa shape index (κ3) is 2.32. The first-order valence-corrected chi connectivity index (χ1v) is 6.14. The van der Waals surface area contributed by atoms with Crippen LogP contribution < -0.4 is 0 Å². The van der Waals surface area contributed by atoms with E-state index < -0.39 is 10.9 Å². The summed E-state index contributed by atoms with van der Waals surface area (Å²) in [6, 6.07) is 4.17. The van der Waals surface area contributed by atoms with Crippen molar-refractivity contribution in [3.63, 3.8) is 0 Å². The fourth-order valence-electron chi connectivity index (χ4n) is 2.19. The molecule has 0 amide bonds. The van der Waals surface area contributed by atoms with Crippen LogP contribution in [0.5, 0.6) is 0 Å². The van der Waals surface area contributed by atoms with E-state index in [0.717, 1.165) is 0 Å². The number of benzene rings is 1. The Bertz CT molecular complexity index is 723. The molecule has 0 aliphatic rings. The van der Waals surface area contributed by atoms with Gasteiger partial charge in [0, 0.05) is 23.2 Å². The zero-order valence-corrected chi connectivity index (χ0v) is 11.4. The smallest absolute Gasteiger partial charge is 0.336 e. The molecule has 0 aliphatic carbocycles. The predicted molar refractivity (Wildman–Crippen MR) is 74.2 cm³/mol. The summed E-state index contributed by atoms with van der Waals surface area (Å²) >= 11 is 0. The Morgan fingerprint density at radius 3 is 2.50 bits per heavy atom. The number of nitro groups is 1. The molecule has 0 atom stereocenters. The maximum atomic E-state index is 11.3. The number of aromatic carboxylic acids is 1. The molecule has 2 rings (SSSR count). The van der Waals surface area contributed by atoms with Crippen LogP contribution in [0.25, 0.3) is 10.9 Å². The number of hydrogen-bond acceptors (Lipinski definition) is 4. The van der Waals surface area contributed by atoms with Gasteiger partial charge in [-0.15, -0.1) is 0 Å². The molecule has 1 aromatic heterocycles. The van der Waals surface area contributed by atoms with Gasteiger partial charge in [0.2, 0.25) is 0 Å².